The molecule has 2 fully saturated rings. The molecule has 0 aromatic carbocycles. The van der Waals surface area contributed by atoms with Crippen molar-refractivity contribution in [2.75, 3.05) is 26.4 Å². The Hall–Kier alpha value is -0.630. The third-order valence-corrected chi connectivity index (χ3v) is 2.83. The van der Waals surface area contributed by atoms with E-state index in [9.17, 15) is 0 Å². The van der Waals surface area contributed by atoms with Crippen LogP contribution in [0.5, 0.6) is 0 Å². The van der Waals surface area contributed by atoms with Gasteiger partial charge >= 0.3 is 0 Å². The average Bonchev–Trinajstić information content (AvgIpc) is 2.91. The summed E-state index contributed by atoms with van der Waals surface area (Å²) in [4.78, 5) is 0. The van der Waals surface area contributed by atoms with E-state index in [-0.39, 0.29) is 6.04 Å². The van der Waals surface area contributed by atoms with Crippen LogP contribution in [0.25, 0.3) is 0 Å². The van der Waals surface area contributed by atoms with Gasteiger partial charge in [-0.15, -0.1) is 0 Å². The molecule has 0 spiro atoms. The fraction of sp³-hybridized carbons (Fsp3) is 0.909. The van der Waals surface area contributed by atoms with Crippen molar-refractivity contribution >= 4 is 0 Å². The Balaban J connectivity index is 1.56. The summed E-state index contributed by atoms with van der Waals surface area (Å²) in [7, 11) is 0. The zero-order valence-corrected chi connectivity index (χ0v) is 8.95. The van der Waals surface area contributed by atoms with Crippen molar-refractivity contribution in [2.24, 2.45) is 5.92 Å². The smallest absolute Gasteiger partial charge is 0.119 e. The Morgan fingerprint density at radius 1 is 1.47 bits per heavy atom. The summed E-state index contributed by atoms with van der Waals surface area (Å²) in [5.41, 5.74) is 0. The molecule has 0 bridgehead atoms. The third kappa shape index (κ3) is 3.78. The Morgan fingerprint density at radius 3 is 2.93 bits per heavy atom. The largest absolute Gasteiger partial charge is 0.381 e. The Bertz CT molecular complexity index is 229. The van der Waals surface area contributed by atoms with Crippen LogP contribution >= 0.6 is 0 Å². The molecule has 1 N–H and O–H groups in total. The SMILES string of the molecule is N#CC(COCC1CCOC1)NC1CC1. The van der Waals surface area contributed by atoms with E-state index < -0.39 is 0 Å². The lowest BCUT2D eigenvalue weighted by Gasteiger charge is -2.13. The zero-order valence-electron chi connectivity index (χ0n) is 8.95. The maximum absolute atomic E-state index is 8.88. The number of hydrogen-bond donors (Lipinski definition) is 1. The number of rotatable bonds is 6. The van der Waals surface area contributed by atoms with Crippen molar-refractivity contribution < 1.29 is 9.47 Å². The van der Waals surface area contributed by atoms with Crippen molar-refractivity contribution in [3.8, 4) is 6.07 Å². The first-order valence-corrected chi connectivity index (χ1v) is 5.69. The summed E-state index contributed by atoms with van der Waals surface area (Å²) in [6.45, 7) is 2.90. The summed E-state index contributed by atoms with van der Waals surface area (Å²) in [6, 6.07) is 2.66. The lowest BCUT2D eigenvalue weighted by atomic mass is 10.1. The van der Waals surface area contributed by atoms with Gasteiger partial charge in [0.25, 0.3) is 0 Å². The van der Waals surface area contributed by atoms with E-state index in [2.05, 4.69) is 11.4 Å². The second kappa shape index (κ2) is 5.45. The Morgan fingerprint density at radius 2 is 2.33 bits per heavy atom. The minimum absolute atomic E-state index is 0.139. The highest BCUT2D eigenvalue weighted by Gasteiger charge is 2.24. The van der Waals surface area contributed by atoms with Gasteiger partial charge in [0.1, 0.15) is 6.04 Å². The predicted molar refractivity (Wildman–Crippen MR) is 55.3 cm³/mol. The molecule has 1 saturated carbocycles. The standard InChI is InChI=1S/C11H18N2O2/c12-5-11(13-10-1-2-10)8-15-7-9-3-4-14-6-9/h9-11,13H,1-4,6-8H2. The second-order valence-electron chi connectivity index (χ2n) is 4.39. The van der Waals surface area contributed by atoms with Gasteiger partial charge in [-0.25, -0.2) is 0 Å². The molecular formula is C11H18N2O2. The van der Waals surface area contributed by atoms with Gasteiger partial charge in [0.2, 0.25) is 0 Å². The average molecular weight is 210 g/mol. The predicted octanol–water partition coefficient (Wildman–Crippen LogP) is 0.684. The van der Waals surface area contributed by atoms with Crippen molar-refractivity contribution in [1.29, 1.82) is 5.26 Å². The van der Waals surface area contributed by atoms with E-state index in [4.69, 9.17) is 14.7 Å². The van der Waals surface area contributed by atoms with Crippen LogP contribution < -0.4 is 5.32 Å². The zero-order chi connectivity index (χ0) is 10.5. The molecule has 0 aromatic heterocycles. The van der Waals surface area contributed by atoms with Crippen molar-refractivity contribution in [1.82, 2.24) is 5.32 Å². The molecule has 4 heteroatoms. The quantitative estimate of drug-likeness (QED) is 0.700. The molecule has 1 aliphatic heterocycles. The molecule has 0 amide bonds. The van der Waals surface area contributed by atoms with Crippen LogP contribution in [-0.2, 0) is 9.47 Å². The highest BCUT2D eigenvalue weighted by atomic mass is 16.5. The molecule has 2 atom stereocenters. The summed E-state index contributed by atoms with van der Waals surface area (Å²) < 4.78 is 10.8. The molecule has 84 valence electrons. The van der Waals surface area contributed by atoms with Gasteiger partial charge in [-0.3, -0.25) is 5.32 Å². The summed E-state index contributed by atoms with van der Waals surface area (Å²) in [6.07, 6.45) is 3.50. The third-order valence-electron chi connectivity index (χ3n) is 2.83. The molecule has 1 aliphatic carbocycles. The van der Waals surface area contributed by atoms with Gasteiger partial charge in [0.15, 0.2) is 0 Å². The fourth-order valence-electron chi connectivity index (χ4n) is 1.72. The first-order valence-electron chi connectivity index (χ1n) is 5.69. The maximum Gasteiger partial charge on any atom is 0.119 e. The monoisotopic (exact) mass is 210 g/mol. The Kier molecular flexibility index (Phi) is 3.95. The van der Waals surface area contributed by atoms with Gasteiger partial charge in [-0.2, -0.15) is 5.26 Å². The molecular weight excluding hydrogens is 192 g/mol. The topological polar surface area (TPSA) is 54.3 Å². The first-order chi connectivity index (χ1) is 7.38. The lowest BCUT2D eigenvalue weighted by Crippen LogP contribution is -2.34. The number of nitriles is 1. The maximum atomic E-state index is 8.88. The summed E-state index contributed by atoms with van der Waals surface area (Å²) >= 11 is 0. The molecule has 0 radical (unpaired) electrons. The highest BCUT2D eigenvalue weighted by Crippen LogP contribution is 2.19. The number of nitrogens with zero attached hydrogens (tertiary/aromatic N) is 1. The second-order valence-corrected chi connectivity index (χ2v) is 4.39. The van der Waals surface area contributed by atoms with E-state index in [0.29, 0.717) is 18.6 Å². The molecule has 1 heterocycles. The van der Waals surface area contributed by atoms with Gasteiger partial charge in [-0.1, -0.05) is 0 Å². The van der Waals surface area contributed by atoms with E-state index in [1.54, 1.807) is 0 Å². The van der Waals surface area contributed by atoms with Crippen LogP contribution in [0.1, 0.15) is 19.3 Å². The molecule has 2 rings (SSSR count). The van der Waals surface area contributed by atoms with Gasteiger partial charge in [-0.05, 0) is 19.3 Å². The molecule has 15 heavy (non-hydrogen) atoms. The van der Waals surface area contributed by atoms with E-state index in [0.717, 1.165) is 26.2 Å². The highest BCUT2D eigenvalue weighted by molar-refractivity contribution is 4.95. The van der Waals surface area contributed by atoms with Crippen LogP contribution in [0.3, 0.4) is 0 Å². The van der Waals surface area contributed by atoms with Crippen LogP contribution in [0.2, 0.25) is 0 Å². The summed E-state index contributed by atoms with van der Waals surface area (Å²) in [5, 5.41) is 12.1. The van der Waals surface area contributed by atoms with Crippen LogP contribution in [0.15, 0.2) is 0 Å². The van der Waals surface area contributed by atoms with E-state index >= 15 is 0 Å². The van der Waals surface area contributed by atoms with Crippen molar-refractivity contribution in [3.63, 3.8) is 0 Å². The lowest BCUT2D eigenvalue weighted by molar-refractivity contribution is 0.0824. The van der Waals surface area contributed by atoms with Gasteiger partial charge in [0, 0.05) is 18.6 Å². The molecule has 2 unspecified atom stereocenters. The molecule has 4 nitrogen and oxygen atoms in total. The van der Waals surface area contributed by atoms with Crippen molar-refractivity contribution in [2.45, 2.75) is 31.3 Å². The minimum atomic E-state index is -0.139. The fourth-order valence-corrected chi connectivity index (χ4v) is 1.72. The van der Waals surface area contributed by atoms with Crippen LogP contribution in [0, 0.1) is 17.2 Å². The normalized spacial score (nSPS) is 27.5. The van der Waals surface area contributed by atoms with Crippen LogP contribution in [-0.4, -0.2) is 38.5 Å². The van der Waals surface area contributed by atoms with Crippen molar-refractivity contribution in [3.05, 3.63) is 0 Å². The van der Waals surface area contributed by atoms with E-state index in [1.165, 1.54) is 12.8 Å². The Labute approximate surface area is 90.5 Å². The summed E-state index contributed by atoms with van der Waals surface area (Å²) in [5.74, 6) is 0.533. The number of ether oxygens (including phenoxy) is 2. The van der Waals surface area contributed by atoms with Crippen LogP contribution in [0.4, 0.5) is 0 Å². The van der Waals surface area contributed by atoms with E-state index in [1.807, 2.05) is 0 Å². The molecule has 1 saturated heterocycles. The molecule has 2 aliphatic rings. The minimum Gasteiger partial charge on any atom is -0.381 e. The number of hydrogen-bond acceptors (Lipinski definition) is 4. The van der Waals surface area contributed by atoms with Gasteiger partial charge < -0.3 is 9.47 Å². The first kappa shape index (κ1) is 10.9. The molecule has 0 aromatic rings. The van der Waals surface area contributed by atoms with Gasteiger partial charge in [0.05, 0.1) is 25.9 Å². The number of nitrogens with one attached hydrogen (secondary N) is 1.